The van der Waals surface area contributed by atoms with Crippen LogP contribution in [0.3, 0.4) is 0 Å². The second-order valence-corrected chi connectivity index (χ2v) is 6.77. The minimum Gasteiger partial charge on any atom is -0.315 e. The van der Waals surface area contributed by atoms with Gasteiger partial charge < -0.3 is 5.32 Å². The zero-order valence-corrected chi connectivity index (χ0v) is 13.2. The van der Waals surface area contributed by atoms with Crippen LogP contribution in [0.2, 0.25) is 0 Å². The normalized spacial score (nSPS) is 13.4. The lowest BCUT2D eigenvalue weighted by atomic mass is 10.2. The SMILES string of the molecule is CCCNCC(C)NS(=O)(=O)c1cncc2ccccc12. The van der Waals surface area contributed by atoms with Crippen molar-refractivity contribution in [2.75, 3.05) is 13.1 Å². The van der Waals surface area contributed by atoms with Crippen molar-refractivity contribution in [3.05, 3.63) is 36.7 Å². The number of nitrogens with zero attached hydrogens (tertiary/aromatic N) is 1. The second-order valence-electron chi connectivity index (χ2n) is 5.09. The van der Waals surface area contributed by atoms with Gasteiger partial charge in [-0.05, 0) is 19.9 Å². The molecule has 0 aliphatic rings. The summed E-state index contributed by atoms with van der Waals surface area (Å²) >= 11 is 0. The maximum Gasteiger partial charge on any atom is 0.243 e. The fourth-order valence-electron chi connectivity index (χ4n) is 2.17. The summed E-state index contributed by atoms with van der Waals surface area (Å²) in [4.78, 5) is 4.25. The molecule has 0 aliphatic carbocycles. The maximum absolute atomic E-state index is 12.5. The number of rotatable bonds is 7. The molecule has 114 valence electrons. The molecule has 1 unspecified atom stereocenters. The average molecular weight is 307 g/mol. The van der Waals surface area contributed by atoms with Crippen molar-refractivity contribution >= 4 is 20.8 Å². The van der Waals surface area contributed by atoms with E-state index in [1.54, 1.807) is 12.3 Å². The minimum absolute atomic E-state index is 0.180. The van der Waals surface area contributed by atoms with Crippen molar-refractivity contribution in [1.29, 1.82) is 0 Å². The van der Waals surface area contributed by atoms with Crippen molar-refractivity contribution in [3.63, 3.8) is 0 Å². The zero-order chi connectivity index (χ0) is 15.3. The highest BCUT2D eigenvalue weighted by molar-refractivity contribution is 7.89. The van der Waals surface area contributed by atoms with Gasteiger partial charge >= 0.3 is 0 Å². The molecule has 1 heterocycles. The molecule has 1 aromatic heterocycles. The van der Waals surface area contributed by atoms with E-state index in [9.17, 15) is 8.42 Å². The Hall–Kier alpha value is -1.50. The van der Waals surface area contributed by atoms with Gasteiger partial charge in [-0.25, -0.2) is 13.1 Å². The van der Waals surface area contributed by atoms with E-state index in [2.05, 4.69) is 21.9 Å². The van der Waals surface area contributed by atoms with E-state index in [4.69, 9.17) is 0 Å². The van der Waals surface area contributed by atoms with Crippen LogP contribution in [-0.4, -0.2) is 32.5 Å². The molecular formula is C15H21N3O2S. The molecule has 21 heavy (non-hydrogen) atoms. The van der Waals surface area contributed by atoms with Gasteiger partial charge in [-0.2, -0.15) is 0 Å². The van der Waals surface area contributed by atoms with Gasteiger partial charge in [0.05, 0.1) is 0 Å². The third-order valence-electron chi connectivity index (χ3n) is 3.15. The molecule has 0 fully saturated rings. The summed E-state index contributed by atoms with van der Waals surface area (Å²) in [5, 5.41) is 4.71. The number of benzene rings is 1. The molecule has 2 aromatic rings. The number of aromatic nitrogens is 1. The van der Waals surface area contributed by atoms with Crippen LogP contribution < -0.4 is 10.0 Å². The van der Waals surface area contributed by atoms with Gasteiger partial charge in [-0.3, -0.25) is 4.98 Å². The average Bonchev–Trinajstić information content (AvgIpc) is 2.46. The highest BCUT2D eigenvalue weighted by Crippen LogP contribution is 2.21. The molecule has 0 amide bonds. The molecule has 0 spiro atoms. The molecule has 0 radical (unpaired) electrons. The van der Waals surface area contributed by atoms with Crippen molar-refractivity contribution in [1.82, 2.24) is 15.0 Å². The summed E-state index contributed by atoms with van der Waals surface area (Å²) in [6, 6.07) is 7.17. The highest BCUT2D eigenvalue weighted by Gasteiger charge is 2.20. The fraction of sp³-hybridized carbons (Fsp3) is 0.400. The first-order valence-corrected chi connectivity index (χ1v) is 8.58. The van der Waals surface area contributed by atoms with Crippen LogP contribution in [0.15, 0.2) is 41.6 Å². The third kappa shape index (κ3) is 4.00. The number of hydrogen-bond acceptors (Lipinski definition) is 4. The standard InChI is InChI=1S/C15H21N3O2S/c1-3-8-16-9-12(2)18-21(19,20)15-11-17-10-13-6-4-5-7-14(13)15/h4-7,10-12,16,18H,3,8-9H2,1-2H3. The molecular weight excluding hydrogens is 286 g/mol. The molecule has 2 N–H and O–H groups in total. The Balaban J connectivity index is 2.22. The van der Waals surface area contributed by atoms with Gasteiger partial charge in [0.25, 0.3) is 0 Å². The van der Waals surface area contributed by atoms with Crippen LogP contribution in [0.1, 0.15) is 20.3 Å². The second kappa shape index (κ2) is 6.98. The molecule has 1 atom stereocenters. The Morgan fingerprint density at radius 1 is 1.24 bits per heavy atom. The monoisotopic (exact) mass is 307 g/mol. The van der Waals surface area contributed by atoms with Gasteiger partial charge in [0.15, 0.2) is 0 Å². The first-order chi connectivity index (χ1) is 10.0. The van der Waals surface area contributed by atoms with E-state index in [1.165, 1.54) is 6.20 Å². The Morgan fingerprint density at radius 3 is 2.76 bits per heavy atom. The predicted octanol–water partition coefficient (Wildman–Crippen LogP) is 1.90. The lowest BCUT2D eigenvalue weighted by Crippen LogP contribution is -2.40. The quantitative estimate of drug-likeness (QED) is 0.767. The van der Waals surface area contributed by atoms with E-state index < -0.39 is 10.0 Å². The number of pyridine rings is 1. The summed E-state index contributed by atoms with van der Waals surface area (Å²) in [6.45, 7) is 5.40. The van der Waals surface area contributed by atoms with Crippen molar-refractivity contribution in [2.24, 2.45) is 0 Å². The van der Waals surface area contributed by atoms with Crippen LogP contribution in [0.25, 0.3) is 10.8 Å². The number of sulfonamides is 1. The molecule has 5 nitrogen and oxygen atoms in total. The van der Waals surface area contributed by atoms with E-state index >= 15 is 0 Å². The van der Waals surface area contributed by atoms with Gasteiger partial charge in [0.1, 0.15) is 4.90 Å². The lowest BCUT2D eigenvalue weighted by Gasteiger charge is -2.15. The smallest absolute Gasteiger partial charge is 0.243 e. The molecule has 2 rings (SSSR count). The fourth-order valence-corrected chi connectivity index (χ4v) is 3.58. The highest BCUT2D eigenvalue weighted by atomic mass is 32.2. The van der Waals surface area contributed by atoms with E-state index in [0.29, 0.717) is 11.9 Å². The van der Waals surface area contributed by atoms with Gasteiger partial charge in [-0.1, -0.05) is 31.2 Å². The lowest BCUT2D eigenvalue weighted by molar-refractivity contribution is 0.536. The molecule has 1 aromatic carbocycles. The summed E-state index contributed by atoms with van der Waals surface area (Å²) in [7, 11) is -3.58. The summed E-state index contributed by atoms with van der Waals surface area (Å²) in [5.74, 6) is 0. The molecule has 0 bridgehead atoms. The Kier molecular flexibility index (Phi) is 5.27. The van der Waals surface area contributed by atoms with Gasteiger partial charge in [0, 0.05) is 35.8 Å². The summed E-state index contributed by atoms with van der Waals surface area (Å²) in [6.07, 6.45) is 4.09. The van der Waals surface area contributed by atoms with E-state index in [-0.39, 0.29) is 10.9 Å². The van der Waals surface area contributed by atoms with Crippen molar-refractivity contribution in [2.45, 2.75) is 31.2 Å². The number of fused-ring (bicyclic) bond motifs is 1. The topological polar surface area (TPSA) is 71.1 Å². The van der Waals surface area contributed by atoms with E-state index in [1.807, 2.05) is 25.1 Å². The zero-order valence-electron chi connectivity index (χ0n) is 12.3. The first-order valence-electron chi connectivity index (χ1n) is 7.10. The number of hydrogen-bond donors (Lipinski definition) is 2. The summed E-state index contributed by atoms with van der Waals surface area (Å²) in [5.41, 5.74) is 0. The number of nitrogens with one attached hydrogen (secondary N) is 2. The van der Waals surface area contributed by atoms with Gasteiger partial charge in [-0.15, -0.1) is 0 Å². The Labute approximate surface area is 125 Å². The molecule has 0 saturated carbocycles. The van der Waals surface area contributed by atoms with Crippen molar-refractivity contribution in [3.8, 4) is 0 Å². The molecule has 6 heteroatoms. The predicted molar refractivity (Wildman–Crippen MR) is 84.7 cm³/mol. The largest absolute Gasteiger partial charge is 0.315 e. The summed E-state index contributed by atoms with van der Waals surface area (Å²) < 4.78 is 27.7. The van der Waals surface area contributed by atoms with Crippen LogP contribution in [0.4, 0.5) is 0 Å². The third-order valence-corrected chi connectivity index (χ3v) is 4.77. The maximum atomic E-state index is 12.5. The van der Waals surface area contributed by atoms with E-state index in [0.717, 1.165) is 18.4 Å². The van der Waals surface area contributed by atoms with Crippen LogP contribution in [0.5, 0.6) is 0 Å². The Bertz CT molecular complexity index is 696. The van der Waals surface area contributed by atoms with Crippen LogP contribution in [0, 0.1) is 0 Å². The van der Waals surface area contributed by atoms with Crippen LogP contribution >= 0.6 is 0 Å². The van der Waals surface area contributed by atoms with Crippen LogP contribution in [-0.2, 0) is 10.0 Å². The Morgan fingerprint density at radius 2 is 2.00 bits per heavy atom. The minimum atomic E-state index is -3.58. The van der Waals surface area contributed by atoms with Crippen molar-refractivity contribution < 1.29 is 8.42 Å². The molecule has 0 aliphatic heterocycles. The van der Waals surface area contributed by atoms with Gasteiger partial charge in [0.2, 0.25) is 10.0 Å². The molecule has 0 saturated heterocycles. The first kappa shape index (κ1) is 15.9.